The first-order valence-electron chi connectivity index (χ1n) is 8.59. The summed E-state index contributed by atoms with van der Waals surface area (Å²) in [5.74, 6) is 0.109. The van der Waals surface area contributed by atoms with Gasteiger partial charge in [-0.25, -0.2) is 0 Å². The Morgan fingerprint density at radius 3 is 2.83 bits per heavy atom. The number of hydrogen-bond acceptors (Lipinski definition) is 3. The normalized spacial score (nSPS) is 25.0. The number of nitrogens with one attached hydrogen (secondary N) is 1. The molecule has 1 aromatic heterocycles. The topological polar surface area (TPSA) is 59.6 Å². The second-order valence-corrected chi connectivity index (χ2v) is 6.92. The van der Waals surface area contributed by atoms with E-state index in [1.54, 1.807) is 17.2 Å². The standard InChI is InChI=1S/C18H26N4O2/c1-4-9-21-11-12-22(14(2)3)17(24)18(21)7-10-20(13-18)16(23)15-6-5-8-19-15/h4-6,8,14,19H,1,7,9-13H2,2-3H3. The highest BCUT2D eigenvalue weighted by Crippen LogP contribution is 2.34. The Hall–Kier alpha value is -2.08. The minimum absolute atomic E-state index is 0.0371. The average molecular weight is 330 g/mol. The van der Waals surface area contributed by atoms with Gasteiger partial charge in [-0.05, 0) is 32.4 Å². The second-order valence-electron chi connectivity index (χ2n) is 6.92. The number of likely N-dealkylation sites (tertiary alicyclic amines) is 1. The number of rotatable bonds is 4. The van der Waals surface area contributed by atoms with Crippen molar-refractivity contribution in [3.63, 3.8) is 0 Å². The fourth-order valence-electron chi connectivity index (χ4n) is 3.89. The van der Waals surface area contributed by atoms with Gasteiger partial charge in [0.05, 0.1) is 0 Å². The summed E-state index contributed by atoms with van der Waals surface area (Å²) in [6.45, 7) is 11.2. The maximum atomic E-state index is 13.2. The van der Waals surface area contributed by atoms with Crippen LogP contribution in [-0.4, -0.2) is 75.8 Å². The van der Waals surface area contributed by atoms with Crippen molar-refractivity contribution in [3.8, 4) is 0 Å². The van der Waals surface area contributed by atoms with Gasteiger partial charge in [0.1, 0.15) is 11.2 Å². The molecular weight excluding hydrogens is 304 g/mol. The van der Waals surface area contributed by atoms with Crippen LogP contribution in [0.25, 0.3) is 0 Å². The molecule has 2 aliphatic rings. The quantitative estimate of drug-likeness (QED) is 0.848. The average Bonchev–Trinajstić information content (AvgIpc) is 3.22. The Labute approximate surface area is 143 Å². The lowest BCUT2D eigenvalue weighted by Gasteiger charge is -2.48. The van der Waals surface area contributed by atoms with E-state index in [9.17, 15) is 9.59 Å². The van der Waals surface area contributed by atoms with E-state index in [-0.39, 0.29) is 17.9 Å². The molecule has 0 saturated carbocycles. The third-order valence-electron chi connectivity index (χ3n) is 5.21. The molecule has 6 nitrogen and oxygen atoms in total. The second kappa shape index (κ2) is 6.43. The summed E-state index contributed by atoms with van der Waals surface area (Å²) >= 11 is 0. The molecule has 24 heavy (non-hydrogen) atoms. The predicted octanol–water partition coefficient (Wildman–Crippen LogP) is 1.34. The van der Waals surface area contributed by atoms with Gasteiger partial charge in [-0.2, -0.15) is 0 Å². The molecule has 3 rings (SSSR count). The van der Waals surface area contributed by atoms with Crippen LogP contribution in [0.15, 0.2) is 31.0 Å². The number of H-pyrrole nitrogens is 1. The van der Waals surface area contributed by atoms with Crippen LogP contribution in [0.2, 0.25) is 0 Å². The molecule has 130 valence electrons. The van der Waals surface area contributed by atoms with E-state index < -0.39 is 5.54 Å². The molecule has 2 amide bonds. The summed E-state index contributed by atoms with van der Waals surface area (Å²) in [5.41, 5.74) is -0.0369. The van der Waals surface area contributed by atoms with Crippen molar-refractivity contribution in [1.29, 1.82) is 0 Å². The number of hydrogen-bond donors (Lipinski definition) is 1. The summed E-state index contributed by atoms with van der Waals surface area (Å²) in [5, 5.41) is 0. The Bertz CT molecular complexity index is 625. The molecule has 0 aromatic carbocycles. The lowest BCUT2D eigenvalue weighted by Crippen LogP contribution is -2.68. The van der Waals surface area contributed by atoms with Crippen LogP contribution in [0.1, 0.15) is 30.8 Å². The zero-order chi connectivity index (χ0) is 17.3. The number of nitrogens with zero attached hydrogens (tertiary/aromatic N) is 3. The molecule has 1 spiro atoms. The molecule has 1 atom stereocenters. The van der Waals surface area contributed by atoms with Crippen molar-refractivity contribution >= 4 is 11.8 Å². The zero-order valence-electron chi connectivity index (χ0n) is 14.5. The van der Waals surface area contributed by atoms with E-state index in [2.05, 4.69) is 16.5 Å². The molecule has 0 aliphatic carbocycles. The monoisotopic (exact) mass is 330 g/mol. The van der Waals surface area contributed by atoms with E-state index in [0.717, 1.165) is 13.1 Å². The van der Waals surface area contributed by atoms with Crippen LogP contribution in [0.3, 0.4) is 0 Å². The largest absolute Gasteiger partial charge is 0.357 e. The van der Waals surface area contributed by atoms with Crippen molar-refractivity contribution in [2.75, 3.05) is 32.7 Å². The molecule has 6 heteroatoms. The van der Waals surface area contributed by atoms with Gasteiger partial charge < -0.3 is 14.8 Å². The van der Waals surface area contributed by atoms with Crippen molar-refractivity contribution in [1.82, 2.24) is 19.7 Å². The van der Waals surface area contributed by atoms with E-state index in [1.807, 2.05) is 30.9 Å². The molecule has 1 unspecified atom stereocenters. The summed E-state index contributed by atoms with van der Waals surface area (Å²) in [7, 11) is 0. The van der Waals surface area contributed by atoms with Gasteiger partial charge in [-0.15, -0.1) is 6.58 Å². The van der Waals surface area contributed by atoms with Crippen LogP contribution in [0.4, 0.5) is 0 Å². The zero-order valence-corrected chi connectivity index (χ0v) is 14.5. The third kappa shape index (κ3) is 2.65. The Balaban J connectivity index is 1.86. The first-order valence-corrected chi connectivity index (χ1v) is 8.59. The summed E-state index contributed by atoms with van der Waals surface area (Å²) in [6.07, 6.45) is 4.26. The number of carbonyl (C=O) groups excluding carboxylic acids is 2. The van der Waals surface area contributed by atoms with E-state index in [4.69, 9.17) is 0 Å². The van der Waals surface area contributed by atoms with Gasteiger partial charge >= 0.3 is 0 Å². The lowest BCUT2D eigenvalue weighted by molar-refractivity contribution is -0.152. The van der Waals surface area contributed by atoms with Gasteiger partial charge in [0, 0.05) is 45.0 Å². The Kier molecular flexibility index (Phi) is 4.49. The minimum Gasteiger partial charge on any atom is -0.357 e. The minimum atomic E-state index is -0.612. The number of aromatic nitrogens is 1. The van der Waals surface area contributed by atoms with Crippen molar-refractivity contribution in [3.05, 3.63) is 36.7 Å². The van der Waals surface area contributed by atoms with Crippen LogP contribution in [0, 0.1) is 0 Å². The number of piperazine rings is 1. The fraction of sp³-hybridized carbons (Fsp3) is 0.556. The fourth-order valence-corrected chi connectivity index (χ4v) is 3.89. The molecule has 2 fully saturated rings. The molecule has 1 N–H and O–H groups in total. The third-order valence-corrected chi connectivity index (χ3v) is 5.21. The van der Waals surface area contributed by atoms with Crippen LogP contribution in [0.5, 0.6) is 0 Å². The van der Waals surface area contributed by atoms with Crippen LogP contribution in [-0.2, 0) is 4.79 Å². The Morgan fingerprint density at radius 1 is 1.42 bits per heavy atom. The highest BCUT2D eigenvalue weighted by atomic mass is 16.2. The first-order chi connectivity index (χ1) is 11.5. The van der Waals surface area contributed by atoms with E-state index >= 15 is 0 Å². The van der Waals surface area contributed by atoms with E-state index in [1.165, 1.54) is 0 Å². The summed E-state index contributed by atoms with van der Waals surface area (Å²) in [4.78, 5) is 34.8. The maximum absolute atomic E-state index is 13.2. The Morgan fingerprint density at radius 2 is 2.21 bits per heavy atom. The molecule has 2 aliphatic heterocycles. The molecule has 3 heterocycles. The van der Waals surface area contributed by atoms with Gasteiger partial charge in [0.15, 0.2) is 0 Å². The summed E-state index contributed by atoms with van der Waals surface area (Å²) < 4.78 is 0. The first kappa shape index (κ1) is 16.8. The van der Waals surface area contributed by atoms with Gasteiger partial charge in [0.2, 0.25) is 5.91 Å². The highest BCUT2D eigenvalue weighted by Gasteiger charge is 2.54. The van der Waals surface area contributed by atoms with Crippen molar-refractivity contribution in [2.45, 2.75) is 31.8 Å². The molecule has 0 bridgehead atoms. The van der Waals surface area contributed by atoms with Gasteiger partial charge in [-0.3, -0.25) is 14.5 Å². The molecule has 2 saturated heterocycles. The maximum Gasteiger partial charge on any atom is 0.270 e. The van der Waals surface area contributed by atoms with Crippen LogP contribution < -0.4 is 0 Å². The number of amides is 2. The number of carbonyl (C=O) groups is 2. The smallest absolute Gasteiger partial charge is 0.270 e. The van der Waals surface area contributed by atoms with Crippen molar-refractivity contribution < 1.29 is 9.59 Å². The predicted molar refractivity (Wildman–Crippen MR) is 92.7 cm³/mol. The summed E-state index contributed by atoms with van der Waals surface area (Å²) in [6, 6.07) is 3.77. The van der Waals surface area contributed by atoms with Gasteiger partial charge in [0.25, 0.3) is 5.91 Å². The van der Waals surface area contributed by atoms with Gasteiger partial charge in [-0.1, -0.05) is 6.08 Å². The molecular formula is C18H26N4O2. The van der Waals surface area contributed by atoms with Crippen LogP contribution >= 0.6 is 0 Å². The molecule has 0 radical (unpaired) electrons. The number of aromatic amines is 1. The highest BCUT2D eigenvalue weighted by molar-refractivity contribution is 5.95. The SMILES string of the molecule is C=CCN1CCN(C(C)C)C(=O)C12CCN(C(=O)c1ccc[nH]1)C2. The van der Waals surface area contributed by atoms with Crippen molar-refractivity contribution in [2.24, 2.45) is 0 Å². The lowest BCUT2D eigenvalue weighted by atomic mass is 9.90. The molecule has 1 aromatic rings. The van der Waals surface area contributed by atoms with E-state index in [0.29, 0.717) is 31.7 Å².